The maximum atomic E-state index is 11.7. The first-order valence-electron chi connectivity index (χ1n) is 6.81. The number of amides is 1. The van der Waals surface area contributed by atoms with Gasteiger partial charge in [0.15, 0.2) is 0 Å². The molecular formula is C15H23N3O. The third-order valence-corrected chi connectivity index (χ3v) is 3.78. The Hall–Kier alpha value is -1.39. The zero-order valence-corrected chi connectivity index (χ0v) is 12.2. The van der Waals surface area contributed by atoms with Gasteiger partial charge in [0, 0.05) is 25.3 Å². The third kappa shape index (κ3) is 2.80. The first-order chi connectivity index (χ1) is 9.04. The van der Waals surface area contributed by atoms with Crippen molar-refractivity contribution in [2.24, 2.45) is 0 Å². The quantitative estimate of drug-likeness (QED) is 0.870. The lowest BCUT2D eigenvalue weighted by atomic mass is 10.0. The highest BCUT2D eigenvalue weighted by molar-refractivity contribution is 6.00. The Morgan fingerprint density at radius 3 is 2.79 bits per heavy atom. The number of anilines is 1. The molecule has 4 heteroatoms. The molecule has 1 amide bonds. The molecule has 0 saturated carbocycles. The average molecular weight is 261 g/mol. The number of nitrogens with zero attached hydrogens (tertiary/aromatic N) is 2. The van der Waals surface area contributed by atoms with Crippen molar-refractivity contribution < 1.29 is 4.79 Å². The van der Waals surface area contributed by atoms with E-state index in [1.165, 1.54) is 5.56 Å². The van der Waals surface area contributed by atoms with Crippen LogP contribution in [0.5, 0.6) is 0 Å². The van der Waals surface area contributed by atoms with Crippen LogP contribution in [0.25, 0.3) is 0 Å². The molecular weight excluding hydrogens is 238 g/mol. The standard InChI is InChI=1S/C15H23N3O/c1-5-16-10-14(17(2)3)11-6-7-13-12(8-11)9-15(19)18(13)4/h6-8,14,16H,5,9-10H2,1-4H3. The van der Waals surface area contributed by atoms with Crippen molar-refractivity contribution in [2.45, 2.75) is 19.4 Å². The first-order valence-corrected chi connectivity index (χ1v) is 6.81. The highest BCUT2D eigenvalue weighted by atomic mass is 16.2. The highest BCUT2D eigenvalue weighted by Crippen LogP contribution is 2.31. The monoisotopic (exact) mass is 261 g/mol. The smallest absolute Gasteiger partial charge is 0.231 e. The summed E-state index contributed by atoms with van der Waals surface area (Å²) in [5.74, 6) is 0.181. The van der Waals surface area contributed by atoms with Crippen molar-refractivity contribution in [3.63, 3.8) is 0 Å². The summed E-state index contributed by atoms with van der Waals surface area (Å²) in [5, 5.41) is 3.39. The number of rotatable bonds is 5. The van der Waals surface area contributed by atoms with Gasteiger partial charge in [-0.2, -0.15) is 0 Å². The van der Waals surface area contributed by atoms with Crippen molar-refractivity contribution in [1.82, 2.24) is 10.2 Å². The predicted octanol–water partition coefficient (Wildman–Crippen LogP) is 1.42. The summed E-state index contributed by atoms with van der Waals surface area (Å²) in [5.41, 5.74) is 3.47. The Morgan fingerprint density at radius 1 is 1.42 bits per heavy atom. The summed E-state index contributed by atoms with van der Waals surface area (Å²) in [6.07, 6.45) is 0.529. The Bertz CT molecular complexity index is 470. The molecule has 0 aliphatic carbocycles. The zero-order chi connectivity index (χ0) is 14.0. The lowest BCUT2D eigenvalue weighted by Gasteiger charge is -2.25. The van der Waals surface area contributed by atoms with Crippen LogP contribution in [-0.2, 0) is 11.2 Å². The van der Waals surface area contributed by atoms with Crippen LogP contribution >= 0.6 is 0 Å². The molecule has 1 N–H and O–H groups in total. The molecule has 4 nitrogen and oxygen atoms in total. The van der Waals surface area contributed by atoms with Crippen molar-refractivity contribution in [2.75, 3.05) is 39.1 Å². The van der Waals surface area contributed by atoms with E-state index in [4.69, 9.17) is 0 Å². The molecule has 1 aromatic carbocycles. The van der Waals surface area contributed by atoms with Gasteiger partial charge in [0.05, 0.1) is 6.42 Å². The van der Waals surface area contributed by atoms with Crippen molar-refractivity contribution in [3.8, 4) is 0 Å². The van der Waals surface area contributed by atoms with E-state index in [-0.39, 0.29) is 5.91 Å². The van der Waals surface area contributed by atoms with Crippen LogP contribution in [0.15, 0.2) is 18.2 Å². The number of benzene rings is 1. The Morgan fingerprint density at radius 2 is 2.16 bits per heavy atom. The van der Waals surface area contributed by atoms with Crippen LogP contribution in [0.2, 0.25) is 0 Å². The van der Waals surface area contributed by atoms with Gasteiger partial charge in [0.2, 0.25) is 5.91 Å². The lowest BCUT2D eigenvalue weighted by molar-refractivity contribution is -0.117. The van der Waals surface area contributed by atoms with Gasteiger partial charge in [0.25, 0.3) is 0 Å². The van der Waals surface area contributed by atoms with E-state index in [2.05, 4.69) is 49.4 Å². The molecule has 1 aliphatic rings. The topological polar surface area (TPSA) is 35.6 Å². The minimum Gasteiger partial charge on any atom is -0.315 e. The minimum absolute atomic E-state index is 0.181. The van der Waals surface area contributed by atoms with Crippen molar-refractivity contribution in [3.05, 3.63) is 29.3 Å². The normalized spacial score (nSPS) is 16.1. The van der Waals surface area contributed by atoms with Gasteiger partial charge < -0.3 is 15.1 Å². The first kappa shape index (κ1) is 14.0. The lowest BCUT2D eigenvalue weighted by Crippen LogP contribution is -2.31. The number of carbonyl (C=O) groups excluding carboxylic acids is 1. The van der Waals surface area contributed by atoms with E-state index in [1.807, 2.05) is 7.05 Å². The maximum absolute atomic E-state index is 11.7. The van der Waals surface area contributed by atoms with Gasteiger partial charge in [-0.3, -0.25) is 4.79 Å². The second-order valence-electron chi connectivity index (χ2n) is 5.30. The van der Waals surface area contributed by atoms with E-state index in [9.17, 15) is 4.79 Å². The Kier molecular flexibility index (Phi) is 4.22. The maximum Gasteiger partial charge on any atom is 0.231 e. The fourth-order valence-corrected chi connectivity index (χ4v) is 2.58. The molecule has 104 valence electrons. The summed E-state index contributed by atoms with van der Waals surface area (Å²) in [7, 11) is 6.02. The molecule has 0 saturated heterocycles. The highest BCUT2D eigenvalue weighted by Gasteiger charge is 2.25. The molecule has 1 aromatic rings. The van der Waals surface area contributed by atoms with Crippen LogP contribution in [0.1, 0.15) is 24.1 Å². The van der Waals surface area contributed by atoms with Gasteiger partial charge in [-0.15, -0.1) is 0 Å². The van der Waals surface area contributed by atoms with Gasteiger partial charge in [-0.25, -0.2) is 0 Å². The number of carbonyl (C=O) groups is 1. The van der Waals surface area contributed by atoms with E-state index in [0.29, 0.717) is 12.5 Å². The van der Waals surface area contributed by atoms with E-state index >= 15 is 0 Å². The molecule has 1 unspecified atom stereocenters. The summed E-state index contributed by atoms with van der Waals surface area (Å²) in [6, 6.07) is 6.72. The average Bonchev–Trinajstić information content (AvgIpc) is 2.65. The Balaban J connectivity index is 2.26. The van der Waals surface area contributed by atoms with Crippen molar-refractivity contribution >= 4 is 11.6 Å². The predicted molar refractivity (Wildman–Crippen MR) is 78.5 cm³/mol. The second kappa shape index (κ2) is 5.72. The SMILES string of the molecule is CCNCC(c1ccc2c(c1)CC(=O)N2C)N(C)C. The Labute approximate surface area is 115 Å². The van der Waals surface area contributed by atoms with Crippen LogP contribution in [0.4, 0.5) is 5.69 Å². The van der Waals surface area contributed by atoms with Crippen LogP contribution in [-0.4, -0.2) is 45.0 Å². The molecule has 0 aromatic heterocycles. The molecule has 1 atom stereocenters. The third-order valence-electron chi connectivity index (χ3n) is 3.78. The fraction of sp³-hybridized carbons (Fsp3) is 0.533. The minimum atomic E-state index is 0.181. The summed E-state index contributed by atoms with van der Waals surface area (Å²) in [4.78, 5) is 15.7. The van der Waals surface area contributed by atoms with Crippen LogP contribution in [0, 0.1) is 0 Å². The van der Waals surface area contributed by atoms with Crippen LogP contribution in [0.3, 0.4) is 0 Å². The largest absolute Gasteiger partial charge is 0.315 e. The molecule has 0 spiro atoms. The van der Waals surface area contributed by atoms with Gasteiger partial charge in [0.1, 0.15) is 0 Å². The molecule has 1 heterocycles. The summed E-state index contributed by atoms with van der Waals surface area (Å²) in [6.45, 7) is 4.01. The number of hydrogen-bond donors (Lipinski definition) is 1. The number of likely N-dealkylation sites (N-methyl/N-ethyl adjacent to an activating group) is 3. The second-order valence-corrected chi connectivity index (χ2v) is 5.30. The van der Waals surface area contributed by atoms with Gasteiger partial charge in [-0.05, 0) is 37.8 Å². The molecule has 0 bridgehead atoms. The molecule has 0 fully saturated rings. The van der Waals surface area contributed by atoms with Gasteiger partial charge in [-0.1, -0.05) is 19.1 Å². The van der Waals surface area contributed by atoms with Crippen LogP contribution < -0.4 is 10.2 Å². The molecule has 2 rings (SSSR count). The number of nitrogens with one attached hydrogen (secondary N) is 1. The summed E-state index contributed by atoms with van der Waals surface area (Å²) < 4.78 is 0. The van der Waals surface area contributed by atoms with E-state index in [1.54, 1.807) is 4.90 Å². The van der Waals surface area contributed by atoms with Gasteiger partial charge >= 0.3 is 0 Å². The van der Waals surface area contributed by atoms with E-state index in [0.717, 1.165) is 24.3 Å². The summed E-state index contributed by atoms with van der Waals surface area (Å²) >= 11 is 0. The zero-order valence-electron chi connectivity index (χ0n) is 12.2. The molecule has 0 radical (unpaired) electrons. The number of fused-ring (bicyclic) bond motifs is 1. The number of hydrogen-bond acceptors (Lipinski definition) is 3. The fourth-order valence-electron chi connectivity index (χ4n) is 2.58. The van der Waals surface area contributed by atoms with Crippen molar-refractivity contribution in [1.29, 1.82) is 0 Å². The molecule has 1 aliphatic heterocycles. The molecule has 19 heavy (non-hydrogen) atoms. The van der Waals surface area contributed by atoms with E-state index < -0.39 is 0 Å².